The van der Waals surface area contributed by atoms with E-state index in [1.165, 1.54) is 10.1 Å². The van der Waals surface area contributed by atoms with Gasteiger partial charge in [0.2, 0.25) is 5.91 Å². The monoisotopic (exact) mass is 544 g/mol. The molecule has 0 radical (unpaired) electrons. The van der Waals surface area contributed by atoms with Crippen molar-refractivity contribution in [3.05, 3.63) is 72.0 Å². The van der Waals surface area contributed by atoms with Crippen LogP contribution in [0.1, 0.15) is 30.5 Å². The molecular formula is C29H34N7O4+. The van der Waals surface area contributed by atoms with Crippen LogP contribution in [0.15, 0.2) is 60.7 Å². The number of fused-ring (bicyclic) bond motifs is 1. The van der Waals surface area contributed by atoms with Crippen molar-refractivity contribution in [2.45, 2.75) is 38.8 Å². The number of H-pyrrole nitrogens is 1. The third kappa shape index (κ3) is 6.42. The predicted molar refractivity (Wildman–Crippen MR) is 148 cm³/mol. The highest BCUT2D eigenvalue weighted by atomic mass is 16.2. The minimum absolute atomic E-state index is 0.00407. The number of likely N-dealkylation sites (tertiary alicyclic amines) is 1. The Morgan fingerprint density at radius 1 is 1.10 bits per heavy atom. The smallest absolute Gasteiger partial charge is 0.353 e. The number of carbonyl (C=O) groups excluding carboxylic acids is 4. The molecule has 5 amide bonds. The highest BCUT2D eigenvalue weighted by Crippen LogP contribution is 2.20. The van der Waals surface area contributed by atoms with Gasteiger partial charge in [-0.3, -0.25) is 19.6 Å². The molecule has 1 fully saturated rings. The number of urea groups is 1. The summed E-state index contributed by atoms with van der Waals surface area (Å²) in [6.45, 7) is 4.13. The molecule has 208 valence electrons. The molecule has 0 bridgehead atoms. The van der Waals surface area contributed by atoms with E-state index in [0.717, 1.165) is 43.1 Å². The van der Waals surface area contributed by atoms with E-state index in [9.17, 15) is 19.2 Å². The van der Waals surface area contributed by atoms with Gasteiger partial charge in [-0.05, 0) is 31.4 Å². The van der Waals surface area contributed by atoms with Gasteiger partial charge in [0.25, 0.3) is 5.91 Å². The summed E-state index contributed by atoms with van der Waals surface area (Å²) < 4.78 is 1.29. The topological polar surface area (TPSA) is 131 Å². The first-order valence-corrected chi connectivity index (χ1v) is 13.6. The van der Waals surface area contributed by atoms with Crippen LogP contribution in [-0.4, -0.2) is 86.3 Å². The maximum absolute atomic E-state index is 13.4. The van der Waals surface area contributed by atoms with E-state index in [-0.39, 0.29) is 31.5 Å². The minimum Gasteiger partial charge on any atom is -0.353 e. The van der Waals surface area contributed by atoms with Crippen LogP contribution in [0.5, 0.6) is 0 Å². The van der Waals surface area contributed by atoms with E-state index in [1.807, 2.05) is 25.1 Å². The van der Waals surface area contributed by atoms with Crippen LogP contribution < -0.4 is 10.6 Å². The zero-order chi connectivity index (χ0) is 28.1. The Kier molecular flexibility index (Phi) is 8.30. The zero-order valence-corrected chi connectivity index (χ0v) is 22.5. The summed E-state index contributed by atoms with van der Waals surface area (Å²) in [7, 11) is 0. The lowest BCUT2D eigenvalue weighted by Gasteiger charge is -2.32. The standard InChI is InChI=1S/C29H33N7O4/c1-20-17-25(33-32-20)31-27(38)19-36-24-10-6-5-9-23(24)28(39)35(29(36)40)16-13-26(37)30-22-11-14-34(15-12-22)18-21-7-3-2-4-8-21/h2-10,17,22-23H,11-16,18-19H2,1H3,(H2-,30,31,32,33,37,38)/p+1. The maximum Gasteiger partial charge on any atom is 0.501 e. The number of hydrogen-bond acceptors (Lipinski definition) is 6. The van der Waals surface area contributed by atoms with E-state index in [1.54, 1.807) is 30.4 Å². The van der Waals surface area contributed by atoms with Crippen LogP contribution in [0.25, 0.3) is 0 Å². The zero-order valence-electron chi connectivity index (χ0n) is 22.5. The Bertz CT molecular complexity index is 1370. The van der Waals surface area contributed by atoms with Crippen molar-refractivity contribution in [1.82, 2.24) is 25.3 Å². The molecule has 5 rings (SSSR count). The van der Waals surface area contributed by atoms with Crippen LogP contribution in [0, 0.1) is 12.8 Å². The van der Waals surface area contributed by atoms with Crippen molar-refractivity contribution < 1.29 is 23.8 Å². The molecule has 0 spiro atoms. The number of carbonyl (C=O) groups is 4. The van der Waals surface area contributed by atoms with Gasteiger partial charge in [-0.2, -0.15) is 19.4 Å². The molecule has 40 heavy (non-hydrogen) atoms. The lowest BCUT2D eigenvalue weighted by atomic mass is 9.94. The molecule has 1 aromatic heterocycles. The number of piperidine rings is 1. The fraction of sp³-hybridized carbons (Fsp3) is 0.379. The van der Waals surface area contributed by atoms with E-state index in [2.05, 4.69) is 37.9 Å². The summed E-state index contributed by atoms with van der Waals surface area (Å²) in [4.78, 5) is 55.6. The second-order valence-corrected chi connectivity index (χ2v) is 10.3. The number of benzene rings is 1. The summed E-state index contributed by atoms with van der Waals surface area (Å²) in [6, 6.07) is 11.4. The summed E-state index contributed by atoms with van der Waals surface area (Å²) >= 11 is 0. The summed E-state index contributed by atoms with van der Waals surface area (Å²) in [5.41, 5.74) is 2.49. The number of aromatic amines is 1. The molecule has 11 heteroatoms. The average molecular weight is 545 g/mol. The second kappa shape index (κ2) is 12.2. The van der Waals surface area contributed by atoms with E-state index in [4.69, 9.17) is 0 Å². The summed E-state index contributed by atoms with van der Waals surface area (Å²) in [5, 5.41) is 12.5. The quantitative estimate of drug-likeness (QED) is 0.414. The van der Waals surface area contributed by atoms with Crippen molar-refractivity contribution >= 4 is 35.3 Å². The van der Waals surface area contributed by atoms with Gasteiger partial charge in [-0.15, -0.1) is 0 Å². The number of imide groups is 1. The lowest BCUT2D eigenvalue weighted by molar-refractivity contribution is -0.427. The van der Waals surface area contributed by atoms with E-state index >= 15 is 0 Å². The van der Waals surface area contributed by atoms with Gasteiger partial charge >= 0.3 is 11.9 Å². The van der Waals surface area contributed by atoms with Gasteiger partial charge in [0.05, 0.1) is 6.42 Å². The molecule has 3 N–H and O–H groups in total. The Morgan fingerprint density at radius 3 is 2.60 bits per heavy atom. The van der Waals surface area contributed by atoms with E-state index in [0.29, 0.717) is 11.5 Å². The molecule has 1 saturated heterocycles. The SMILES string of the molecule is Cc1cc(NC(=O)C[N+]2=C3C=CC=CC3C(=O)N(CCC(=O)NC3CCN(Cc4ccccc4)CC3)C2=O)n[nH]1. The number of allylic oxidation sites excluding steroid dienone is 3. The highest BCUT2D eigenvalue weighted by Gasteiger charge is 2.47. The summed E-state index contributed by atoms with van der Waals surface area (Å²) in [5.74, 6) is -1.39. The summed E-state index contributed by atoms with van der Waals surface area (Å²) in [6.07, 6.45) is 8.51. The van der Waals surface area contributed by atoms with Crippen molar-refractivity contribution in [2.75, 3.05) is 31.5 Å². The Balaban J connectivity index is 1.16. The van der Waals surface area contributed by atoms with Crippen molar-refractivity contribution in [3.8, 4) is 0 Å². The predicted octanol–water partition coefficient (Wildman–Crippen LogP) is 1.99. The maximum atomic E-state index is 13.4. The van der Waals surface area contributed by atoms with Crippen LogP contribution >= 0.6 is 0 Å². The first-order chi connectivity index (χ1) is 19.4. The molecule has 1 aromatic carbocycles. The van der Waals surface area contributed by atoms with Gasteiger partial charge in [0.15, 0.2) is 12.4 Å². The van der Waals surface area contributed by atoms with Crippen molar-refractivity contribution in [1.29, 1.82) is 0 Å². The van der Waals surface area contributed by atoms with Crippen LogP contribution in [-0.2, 0) is 20.9 Å². The second-order valence-electron chi connectivity index (χ2n) is 10.3. The number of aryl methyl sites for hydroxylation is 1. The first kappa shape index (κ1) is 27.2. The average Bonchev–Trinajstić information content (AvgIpc) is 3.36. The largest absolute Gasteiger partial charge is 0.501 e. The van der Waals surface area contributed by atoms with Crippen molar-refractivity contribution in [3.63, 3.8) is 0 Å². The number of rotatable bonds is 9. The van der Waals surface area contributed by atoms with Crippen molar-refractivity contribution in [2.24, 2.45) is 5.92 Å². The lowest BCUT2D eigenvalue weighted by Crippen LogP contribution is -2.56. The number of aromatic nitrogens is 2. The Hall–Kier alpha value is -4.38. The number of anilines is 1. The van der Waals surface area contributed by atoms with Gasteiger partial charge in [0.1, 0.15) is 18.2 Å². The fourth-order valence-electron chi connectivity index (χ4n) is 5.28. The highest BCUT2D eigenvalue weighted by molar-refractivity contribution is 6.17. The van der Waals surface area contributed by atoms with Gasteiger partial charge in [-0.1, -0.05) is 48.6 Å². The van der Waals surface area contributed by atoms with Gasteiger partial charge in [-0.25, -0.2) is 4.79 Å². The molecule has 3 aliphatic rings. The normalized spacial score (nSPS) is 19.6. The van der Waals surface area contributed by atoms with E-state index < -0.39 is 23.8 Å². The number of nitrogens with one attached hydrogen (secondary N) is 3. The molecule has 3 heterocycles. The molecular weight excluding hydrogens is 510 g/mol. The van der Waals surface area contributed by atoms with Gasteiger partial charge < -0.3 is 10.6 Å². The number of nitrogens with zero attached hydrogens (tertiary/aromatic N) is 4. The minimum atomic E-state index is -0.694. The molecule has 1 atom stereocenters. The third-order valence-electron chi connectivity index (χ3n) is 7.35. The Labute approximate surface area is 232 Å². The first-order valence-electron chi connectivity index (χ1n) is 13.6. The van der Waals surface area contributed by atoms with Crippen LogP contribution in [0.4, 0.5) is 10.6 Å². The molecule has 1 aliphatic carbocycles. The number of hydrogen-bond donors (Lipinski definition) is 3. The Morgan fingerprint density at radius 2 is 1.88 bits per heavy atom. The van der Waals surface area contributed by atoms with Crippen LogP contribution in [0.3, 0.4) is 0 Å². The third-order valence-corrected chi connectivity index (χ3v) is 7.35. The molecule has 0 saturated carbocycles. The molecule has 2 aliphatic heterocycles. The van der Waals surface area contributed by atoms with Gasteiger partial charge in [0, 0.05) is 37.4 Å². The molecule has 11 nitrogen and oxygen atoms in total. The number of amides is 5. The van der Waals surface area contributed by atoms with Crippen LogP contribution in [0.2, 0.25) is 0 Å². The molecule has 2 aromatic rings. The fourth-order valence-corrected chi connectivity index (χ4v) is 5.28. The molecule has 1 unspecified atom stereocenters.